The Morgan fingerprint density at radius 2 is 2.06 bits per heavy atom. The second kappa shape index (κ2) is 6.56. The standard InChI is InChI=1S/C10H18ClNO4S/c1-16-10(13)6-7-17(14,15)12-9-5-3-2-4-8(9)11/h8-9,12H,2-7H2,1H3. The molecule has 0 amide bonds. The predicted octanol–water partition coefficient (Wildman–Crippen LogP) is 1.02. The summed E-state index contributed by atoms with van der Waals surface area (Å²) in [5, 5.41) is -0.156. The summed E-state index contributed by atoms with van der Waals surface area (Å²) in [4.78, 5) is 10.9. The molecule has 0 spiro atoms. The van der Waals surface area contributed by atoms with Crippen LogP contribution in [-0.4, -0.2) is 38.7 Å². The van der Waals surface area contributed by atoms with Gasteiger partial charge in [0.2, 0.25) is 10.0 Å². The molecule has 0 heterocycles. The van der Waals surface area contributed by atoms with Crippen molar-refractivity contribution in [3.63, 3.8) is 0 Å². The highest BCUT2D eigenvalue weighted by atomic mass is 35.5. The van der Waals surface area contributed by atoms with Gasteiger partial charge in [-0.2, -0.15) is 0 Å². The number of carbonyl (C=O) groups excluding carboxylic acids is 1. The molecule has 5 nitrogen and oxygen atoms in total. The number of hydrogen-bond acceptors (Lipinski definition) is 4. The molecular formula is C10H18ClNO4S. The van der Waals surface area contributed by atoms with Crippen molar-refractivity contribution in [3.8, 4) is 0 Å². The lowest BCUT2D eigenvalue weighted by molar-refractivity contribution is -0.140. The van der Waals surface area contributed by atoms with Gasteiger partial charge in [-0.15, -0.1) is 11.6 Å². The highest BCUT2D eigenvalue weighted by Gasteiger charge is 2.27. The monoisotopic (exact) mass is 283 g/mol. The van der Waals surface area contributed by atoms with E-state index < -0.39 is 16.0 Å². The highest BCUT2D eigenvalue weighted by molar-refractivity contribution is 7.89. The van der Waals surface area contributed by atoms with Crippen molar-refractivity contribution in [2.24, 2.45) is 0 Å². The van der Waals surface area contributed by atoms with Gasteiger partial charge in [0.15, 0.2) is 0 Å². The Balaban J connectivity index is 2.45. The van der Waals surface area contributed by atoms with Crippen molar-refractivity contribution >= 4 is 27.6 Å². The fourth-order valence-corrected chi connectivity index (χ4v) is 3.54. The number of nitrogens with one attached hydrogen (secondary N) is 1. The minimum atomic E-state index is -3.45. The van der Waals surface area contributed by atoms with Crippen LogP contribution in [0, 0.1) is 0 Å². The molecule has 0 aliphatic heterocycles. The molecule has 1 rings (SSSR count). The molecule has 2 atom stereocenters. The zero-order chi connectivity index (χ0) is 12.9. The maximum atomic E-state index is 11.7. The molecule has 0 aromatic carbocycles. The van der Waals surface area contributed by atoms with Gasteiger partial charge in [0.1, 0.15) is 0 Å². The Labute approximate surface area is 107 Å². The molecule has 0 saturated heterocycles. The van der Waals surface area contributed by atoms with Crippen LogP contribution < -0.4 is 4.72 Å². The van der Waals surface area contributed by atoms with Crippen molar-refractivity contribution in [2.75, 3.05) is 12.9 Å². The molecule has 2 unspecified atom stereocenters. The van der Waals surface area contributed by atoms with Gasteiger partial charge >= 0.3 is 5.97 Å². The summed E-state index contributed by atoms with van der Waals surface area (Å²) in [6, 6.07) is -0.215. The first-order chi connectivity index (χ1) is 7.94. The van der Waals surface area contributed by atoms with Crippen LogP contribution in [0.25, 0.3) is 0 Å². The predicted molar refractivity (Wildman–Crippen MR) is 65.5 cm³/mol. The van der Waals surface area contributed by atoms with Crippen LogP contribution in [0.3, 0.4) is 0 Å². The topological polar surface area (TPSA) is 72.5 Å². The number of rotatable bonds is 5. The maximum Gasteiger partial charge on any atom is 0.306 e. The summed E-state index contributed by atoms with van der Waals surface area (Å²) in [5.74, 6) is -0.777. The molecule has 17 heavy (non-hydrogen) atoms. The molecule has 7 heteroatoms. The number of alkyl halides is 1. The third-order valence-corrected chi connectivity index (χ3v) is 4.74. The molecule has 1 saturated carbocycles. The number of hydrogen-bond donors (Lipinski definition) is 1. The molecule has 0 bridgehead atoms. The zero-order valence-corrected chi connectivity index (χ0v) is 11.4. The lowest BCUT2D eigenvalue weighted by Gasteiger charge is -2.27. The van der Waals surface area contributed by atoms with Crippen molar-refractivity contribution in [3.05, 3.63) is 0 Å². The van der Waals surface area contributed by atoms with E-state index in [1.54, 1.807) is 0 Å². The van der Waals surface area contributed by atoms with E-state index in [0.29, 0.717) is 0 Å². The smallest absolute Gasteiger partial charge is 0.306 e. The van der Waals surface area contributed by atoms with E-state index in [9.17, 15) is 13.2 Å². The molecule has 1 aliphatic rings. The van der Waals surface area contributed by atoms with Gasteiger partial charge in [0.05, 0.1) is 19.3 Å². The molecule has 100 valence electrons. The van der Waals surface area contributed by atoms with E-state index in [1.165, 1.54) is 7.11 Å². The number of halogens is 1. The van der Waals surface area contributed by atoms with E-state index in [-0.39, 0.29) is 23.6 Å². The highest BCUT2D eigenvalue weighted by Crippen LogP contribution is 2.23. The molecule has 0 radical (unpaired) electrons. The Bertz CT molecular complexity index is 357. The summed E-state index contributed by atoms with van der Waals surface area (Å²) in [5.41, 5.74) is 0. The largest absolute Gasteiger partial charge is 0.469 e. The van der Waals surface area contributed by atoms with Crippen LogP contribution in [0.15, 0.2) is 0 Å². The lowest BCUT2D eigenvalue weighted by Crippen LogP contribution is -2.43. The second-order valence-corrected chi connectivity index (χ2v) is 6.60. The first kappa shape index (κ1) is 14.7. The van der Waals surface area contributed by atoms with E-state index in [4.69, 9.17) is 11.6 Å². The lowest BCUT2D eigenvalue weighted by atomic mass is 9.96. The minimum Gasteiger partial charge on any atom is -0.469 e. The molecule has 1 aliphatic carbocycles. The first-order valence-corrected chi connectivity index (χ1v) is 7.74. The zero-order valence-electron chi connectivity index (χ0n) is 9.82. The van der Waals surface area contributed by atoms with E-state index in [0.717, 1.165) is 25.7 Å². The van der Waals surface area contributed by atoms with Gasteiger partial charge in [-0.1, -0.05) is 12.8 Å². The van der Waals surface area contributed by atoms with Crippen molar-refractivity contribution in [1.82, 2.24) is 4.72 Å². The Hall–Kier alpha value is -0.330. The van der Waals surface area contributed by atoms with Crippen LogP contribution in [0.2, 0.25) is 0 Å². The van der Waals surface area contributed by atoms with Gasteiger partial charge in [-0.25, -0.2) is 13.1 Å². The maximum absolute atomic E-state index is 11.7. The molecule has 1 fully saturated rings. The molecule has 0 aromatic rings. The molecule has 1 N–H and O–H groups in total. The quantitative estimate of drug-likeness (QED) is 0.604. The summed E-state index contributed by atoms with van der Waals surface area (Å²) >= 11 is 6.06. The van der Waals surface area contributed by atoms with Gasteiger partial charge in [-0.3, -0.25) is 4.79 Å². The summed E-state index contributed by atoms with van der Waals surface area (Å²) in [6.07, 6.45) is 3.46. The summed E-state index contributed by atoms with van der Waals surface area (Å²) in [6.45, 7) is 0. The van der Waals surface area contributed by atoms with Gasteiger partial charge in [0.25, 0.3) is 0 Å². The number of sulfonamides is 1. The fraction of sp³-hybridized carbons (Fsp3) is 0.900. The third-order valence-electron chi connectivity index (χ3n) is 2.82. The van der Waals surface area contributed by atoms with Crippen LogP contribution in [0.5, 0.6) is 0 Å². The van der Waals surface area contributed by atoms with Gasteiger partial charge < -0.3 is 4.74 Å². The second-order valence-electron chi connectivity index (χ2n) is 4.17. The van der Waals surface area contributed by atoms with E-state index >= 15 is 0 Å². The number of ether oxygens (including phenoxy) is 1. The van der Waals surface area contributed by atoms with Gasteiger partial charge in [0, 0.05) is 11.4 Å². The van der Waals surface area contributed by atoms with Crippen LogP contribution in [0.4, 0.5) is 0 Å². The fourth-order valence-electron chi connectivity index (χ4n) is 1.83. The van der Waals surface area contributed by atoms with Gasteiger partial charge in [-0.05, 0) is 12.8 Å². The van der Waals surface area contributed by atoms with Crippen molar-refractivity contribution in [1.29, 1.82) is 0 Å². The first-order valence-electron chi connectivity index (χ1n) is 5.65. The number of carbonyl (C=O) groups is 1. The van der Waals surface area contributed by atoms with Crippen molar-refractivity contribution < 1.29 is 17.9 Å². The van der Waals surface area contributed by atoms with E-state index in [2.05, 4.69) is 9.46 Å². The normalized spacial score (nSPS) is 25.5. The average Bonchev–Trinajstić information content (AvgIpc) is 2.29. The minimum absolute atomic E-state index is 0.133. The average molecular weight is 284 g/mol. The third kappa shape index (κ3) is 5.23. The Kier molecular flexibility index (Phi) is 5.69. The number of methoxy groups -OCH3 is 1. The Morgan fingerprint density at radius 1 is 1.41 bits per heavy atom. The summed E-state index contributed by atoms with van der Waals surface area (Å²) in [7, 11) is -2.22. The van der Waals surface area contributed by atoms with Crippen LogP contribution in [0.1, 0.15) is 32.1 Å². The number of esters is 1. The SMILES string of the molecule is COC(=O)CCS(=O)(=O)NC1CCCCC1Cl. The Morgan fingerprint density at radius 3 is 2.65 bits per heavy atom. The van der Waals surface area contributed by atoms with Crippen LogP contribution >= 0.6 is 11.6 Å². The van der Waals surface area contributed by atoms with Crippen LogP contribution in [-0.2, 0) is 19.6 Å². The van der Waals surface area contributed by atoms with Crippen molar-refractivity contribution in [2.45, 2.75) is 43.5 Å². The summed E-state index contributed by atoms with van der Waals surface area (Å²) < 4.78 is 30.3. The van der Waals surface area contributed by atoms with E-state index in [1.807, 2.05) is 0 Å². The molecule has 0 aromatic heterocycles. The molecular weight excluding hydrogens is 266 g/mol.